The van der Waals surface area contributed by atoms with Crippen molar-refractivity contribution in [3.05, 3.63) is 29.8 Å². The molecule has 2 aliphatic carbocycles. The lowest BCUT2D eigenvalue weighted by Crippen LogP contribution is -2.33. The lowest BCUT2D eigenvalue weighted by atomic mass is 9.95. The molecular formula is C19H26N2O2. The number of hydrogen-bond donors (Lipinski definition) is 2. The standard InChI is InChI=1S/C19H26N2O2/c1-18(2,3)17(23)21-15-7-5-4-6-14(15)16(22)20-12-19(10-11-19)13-8-9-13/h4-7,13H,8-12H2,1-3H3,(H,20,22)(H,21,23). The van der Waals surface area contributed by atoms with Crippen LogP contribution in [0.2, 0.25) is 0 Å². The van der Waals surface area contributed by atoms with Crippen molar-refractivity contribution in [2.24, 2.45) is 16.7 Å². The van der Waals surface area contributed by atoms with Gasteiger partial charge in [0.15, 0.2) is 0 Å². The van der Waals surface area contributed by atoms with E-state index in [1.165, 1.54) is 25.7 Å². The molecule has 4 nitrogen and oxygen atoms in total. The zero-order valence-electron chi connectivity index (χ0n) is 14.2. The smallest absolute Gasteiger partial charge is 0.253 e. The van der Waals surface area contributed by atoms with Gasteiger partial charge in [-0.1, -0.05) is 32.9 Å². The van der Waals surface area contributed by atoms with E-state index in [2.05, 4.69) is 10.6 Å². The van der Waals surface area contributed by atoms with Crippen molar-refractivity contribution in [2.75, 3.05) is 11.9 Å². The molecule has 0 spiro atoms. The highest BCUT2D eigenvalue weighted by atomic mass is 16.2. The number of benzene rings is 1. The van der Waals surface area contributed by atoms with Crippen molar-refractivity contribution in [2.45, 2.75) is 46.5 Å². The molecule has 0 aromatic heterocycles. The first-order valence-electron chi connectivity index (χ1n) is 8.50. The average molecular weight is 314 g/mol. The quantitative estimate of drug-likeness (QED) is 0.872. The summed E-state index contributed by atoms with van der Waals surface area (Å²) in [6.45, 7) is 6.34. The van der Waals surface area contributed by atoms with Crippen LogP contribution in [0.25, 0.3) is 0 Å². The van der Waals surface area contributed by atoms with E-state index in [1.54, 1.807) is 12.1 Å². The van der Waals surface area contributed by atoms with E-state index in [0.29, 0.717) is 16.7 Å². The Morgan fingerprint density at radius 3 is 2.39 bits per heavy atom. The van der Waals surface area contributed by atoms with Gasteiger partial charge in [0.05, 0.1) is 11.3 Å². The van der Waals surface area contributed by atoms with Crippen LogP contribution in [0, 0.1) is 16.7 Å². The summed E-state index contributed by atoms with van der Waals surface area (Å²) in [5.41, 5.74) is 1.00. The Morgan fingerprint density at radius 1 is 1.17 bits per heavy atom. The number of anilines is 1. The van der Waals surface area contributed by atoms with Gasteiger partial charge in [0.1, 0.15) is 0 Å². The molecule has 2 aliphatic rings. The second-order valence-corrected chi connectivity index (χ2v) is 8.07. The van der Waals surface area contributed by atoms with Crippen molar-refractivity contribution in [1.29, 1.82) is 0 Å². The van der Waals surface area contributed by atoms with E-state index in [0.717, 1.165) is 12.5 Å². The monoisotopic (exact) mass is 314 g/mol. The predicted octanol–water partition coefficient (Wildman–Crippen LogP) is 3.59. The lowest BCUT2D eigenvalue weighted by Gasteiger charge is -2.20. The molecule has 0 bridgehead atoms. The van der Waals surface area contributed by atoms with E-state index in [1.807, 2.05) is 32.9 Å². The minimum atomic E-state index is -0.492. The van der Waals surface area contributed by atoms with Crippen molar-refractivity contribution < 1.29 is 9.59 Å². The third-order valence-electron chi connectivity index (χ3n) is 5.04. The summed E-state index contributed by atoms with van der Waals surface area (Å²) < 4.78 is 0. The maximum absolute atomic E-state index is 12.6. The first-order valence-corrected chi connectivity index (χ1v) is 8.50. The lowest BCUT2D eigenvalue weighted by molar-refractivity contribution is -0.123. The van der Waals surface area contributed by atoms with Gasteiger partial charge in [-0.25, -0.2) is 0 Å². The second-order valence-electron chi connectivity index (χ2n) is 8.07. The highest BCUT2D eigenvalue weighted by molar-refractivity contribution is 6.04. The van der Waals surface area contributed by atoms with Crippen LogP contribution in [0.1, 0.15) is 56.8 Å². The Morgan fingerprint density at radius 2 is 1.83 bits per heavy atom. The Bertz CT molecular complexity index is 623. The molecule has 0 radical (unpaired) electrons. The molecule has 3 rings (SSSR count). The summed E-state index contributed by atoms with van der Waals surface area (Å²) in [6, 6.07) is 7.22. The Hall–Kier alpha value is -1.84. The molecule has 2 saturated carbocycles. The van der Waals surface area contributed by atoms with Gasteiger partial charge < -0.3 is 10.6 Å². The predicted molar refractivity (Wildman–Crippen MR) is 91.3 cm³/mol. The summed E-state index contributed by atoms with van der Waals surface area (Å²) in [4.78, 5) is 24.7. The van der Waals surface area contributed by atoms with Crippen molar-refractivity contribution >= 4 is 17.5 Å². The SMILES string of the molecule is CC(C)(C)C(=O)Nc1ccccc1C(=O)NCC1(C2CC2)CC1. The van der Waals surface area contributed by atoms with Crippen LogP contribution in [0.5, 0.6) is 0 Å². The molecule has 0 atom stereocenters. The van der Waals surface area contributed by atoms with Gasteiger partial charge in [-0.3, -0.25) is 9.59 Å². The number of nitrogens with one attached hydrogen (secondary N) is 2. The zero-order valence-corrected chi connectivity index (χ0v) is 14.2. The number of para-hydroxylation sites is 1. The minimum Gasteiger partial charge on any atom is -0.351 e. The Balaban J connectivity index is 1.67. The first kappa shape index (κ1) is 16.0. The number of carbonyl (C=O) groups excluding carboxylic acids is 2. The van der Waals surface area contributed by atoms with E-state index in [9.17, 15) is 9.59 Å². The van der Waals surface area contributed by atoms with Gasteiger partial charge >= 0.3 is 0 Å². The molecule has 1 aromatic carbocycles. The first-order chi connectivity index (χ1) is 10.8. The molecule has 0 saturated heterocycles. The fourth-order valence-corrected chi connectivity index (χ4v) is 3.04. The van der Waals surface area contributed by atoms with Crippen LogP contribution >= 0.6 is 0 Å². The highest BCUT2D eigenvalue weighted by Crippen LogP contribution is 2.60. The molecule has 0 unspecified atom stereocenters. The van der Waals surface area contributed by atoms with Crippen LogP contribution in [-0.2, 0) is 4.79 Å². The minimum absolute atomic E-state index is 0.0885. The summed E-state index contributed by atoms with van der Waals surface area (Å²) in [5.74, 6) is 0.634. The highest BCUT2D eigenvalue weighted by Gasteiger charge is 2.53. The van der Waals surface area contributed by atoms with Gasteiger partial charge in [0, 0.05) is 12.0 Å². The molecule has 2 fully saturated rings. The topological polar surface area (TPSA) is 58.2 Å². The second kappa shape index (κ2) is 5.66. The molecule has 4 heteroatoms. The molecule has 23 heavy (non-hydrogen) atoms. The summed E-state index contributed by atoms with van der Waals surface area (Å²) in [5, 5.41) is 5.96. The van der Waals surface area contributed by atoms with Crippen LogP contribution in [0.15, 0.2) is 24.3 Å². The van der Waals surface area contributed by atoms with E-state index in [4.69, 9.17) is 0 Å². The Kier molecular flexibility index (Phi) is 3.95. The van der Waals surface area contributed by atoms with Crippen LogP contribution in [-0.4, -0.2) is 18.4 Å². The summed E-state index contributed by atoms with van der Waals surface area (Å²) in [6.07, 6.45) is 5.10. The van der Waals surface area contributed by atoms with Crippen molar-refractivity contribution in [1.82, 2.24) is 5.32 Å². The molecule has 0 aliphatic heterocycles. The number of carbonyl (C=O) groups is 2. The van der Waals surface area contributed by atoms with Gasteiger partial charge in [-0.05, 0) is 49.1 Å². The maximum Gasteiger partial charge on any atom is 0.253 e. The number of amides is 2. The molecule has 2 amide bonds. The average Bonchev–Trinajstić information content (AvgIpc) is 3.37. The number of rotatable bonds is 5. The third kappa shape index (κ3) is 3.57. The Labute approximate surface area is 138 Å². The zero-order chi connectivity index (χ0) is 16.7. The van der Waals surface area contributed by atoms with Gasteiger partial charge in [-0.15, -0.1) is 0 Å². The number of hydrogen-bond acceptors (Lipinski definition) is 2. The molecule has 2 N–H and O–H groups in total. The molecule has 1 aromatic rings. The fourth-order valence-electron chi connectivity index (χ4n) is 3.04. The van der Waals surface area contributed by atoms with Gasteiger partial charge in [-0.2, -0.15) is 0 Å². The van der Waals surface area contributed by atoms with Crippen molar-refractivity contribution in [3.63, 3.8) is 0 Å². The molecule has 0 heterocycles. The van der Waals surface area contributed by atoms with Crippen LogP contribution in [0.4, 0.5) is 5.69 Å². The fraction of sp³-hybridized carbons (Fsp3) is 0.579. The maximum atomic E-state index is 12.6. The van der Waals surface area contributed by atoms with E-state index < -0.39 is 5.41 Å². The van der Waals surface area contributed by atoms with E-state index in [-0.39, 0.29) is 11.8 Å². The van der Waals surface area contributed by atoms with Gasteiger partial charge in [0.25, 0.3) is 5.91 Å². The van der Waals surface area contributed by atoms with E-state index >= 15 is 0 Å². The molecular weight excluding hydrogens is 288 g/mol. The van der Waals surface area contributed by atoms with Crippen molar-refractivity contribution in [3.8, 4) is 0 Å². The van der Waals surface area contributed by atoms with Crippen LogP contribution in [0.3, 0.4) is 0 Å². The van der Waals surface area contributed by atoms with Gasteiger partial charge in [0.2, 0.25) is 5.91 Å². The molecule has 124 valence electrons. The third-order valence-corrected chi connectivity index (χ3v) is 5.04. The van der Waals surface area contributed by atoms with Crippen LogP contribution < -0.4 is 10.6 Å². The normalized spacial score (nSPS) is 19.1. The largest absolute Gasteiger partial charge is 0.351 e. The summed E-state index contributed by atoms with van der Waals surface area (Å²) >= 11 is 0. The summed E-state index contributed by atoms with van der Waals surface area (Å²) in [7, 11) is 0.